The SMILES string of the molecule is Cc1ccc(SCC(=O)N/N=C\c2cn(-c3ccccc3)nc2-c2ccco2)cc1. The quantitative estimate of drug-likeness (QED) is 0.270. The van der Waals surface area contributed by atoms with E-state index in [1.165, 1.54) is 17.3 Å². The molecule has 4 rings (SSSR count). The van der Waals surface area contributed by atoms with Gasteiger partial charge in [0.25, 0.3) is 0 Å². The summed E-state index contributed by atoms with van der Waals surface area (Å²) < 4.78 is 7.26. The van der Waals surface area contributed by atoms with Gasteiger partial charge in [0.2, 0.25) is 5.91 Å². The summed E-state index contributed by atoms with van der Waals surface area (Å²) in [5, 5.41) is 8.73. The van der Waals surface area contributed by atoms with Gasteiger partial charge in [0.05, 0.1) is 23.9 Å². The number of nitrogens with one attached hydrogen (secondary N) is 1. The van der Waals surface area contributed by atoms with Gasteiger partial charge in [-0.1, -0.05) is 35.9 Å². The molecule has 0 spiro atoms. The van der Waals surface area contributed by atoms with Crippen LogP contribution in [0.15, 0.2) is 93.6 Å². The Morgan fingerprint density at radius 2 is 1.93 bits per heavy atom. The van der Waals surface area contributed by atoms with E-state index >= 15 is 0 Å². The number of para-hydroxylation sites is 1. The number of hydrazone groups is 1. The lowest BCUT2D eigenvalue weighted by Crippen LogP contribution is -2.19. The van der Waals surface area contributed by atoms with E-state index in [1.807, 2.05) is 79.9 Å². The Balaban J connectivity index is 1.45. The van der Waals surface area contributed by atoms with E-state index in [0.717, 1.165) is 16.1 Å². The normalized spacial score (nSPS) is 11.1. The average Bonchev–Trinajstić information content (AvgIpc) is 3.44. The molecule has 2 aromatic carbocycles. The van der Waals surface area contributed by atoms with Gasteiger partial charge < -0.3 is 4.42 Å². The Morgan fingerprint density at radius 1 is 1.13 bits per heavy atom. The standard InChI is InChI=1S/C23H20N4O2S/c1-17-9-11-20(12-10-17)30-16-22(28)25-24-14-18-15-27(19-6-3-2-4-7-19)26-23(18)21-8-5-13-29-21/h2-15H,16H2,1H3,(H,25,28)/b24-14-. The lowest BCUT2D eigenvalue weighted by atomic mass is 10.2. The Hall–Kier alpha value is -3.58. The molecule has 150 valence electrons. The van der Waals surface area contributed by atoms with Crippen LogP contribution >= 0.6 is 11.8 Å². The third-order valence-corrected chi connectivity index (χ3v) is 5.31. The summed E-state index contributed by atoms with van der Waals surface area (Å²) in [6.45, 7) is 2.03. The summed E-state index contributed by atoms with van der Waals surface area (Å²) in [6, 6.07) is 21.5. The maximum atomic E-state index is 12.1. The first-order chi connectivity index (χ1) is 14.7. The number of benzene rings is 2. The number of carbonyl (C=O) groups is 1. The molecule has 1 amide bonds. The predicted molar refractivity (Wildman–Crippen MR) is 119 cm³/mol. The van der Waals surface area contributed by atoms with Crippen LogP contribution in [0.1, 0.15) is 11.1 Å². The number of hydrogen-bond acceptors (Lipinski definition) is 5. The molecule has 0 aliphatic rings. The molecule has 0 aliphatic heterocycles. The van der Waals surface area contributed by atoms with Crippen LogP contribution in [0, 0.1) is 6.92 Å². The first-order valence-corrected chi connectivity index (χ1v) is 10.4. The molecule has 2 heterocycles. The van der Waals surface area contributed by atoms with Gasteiger partial charge in [0.1, 0.15) is 5.69 Å². The summed E-state index contributed by atoms with van der Waals surface area (Å²) in [5.74, 6) is 0.744. The second-order valence-corrected chi connectivity index (χ2v) is 7.63. The van der Waals surface area contributed by atoms with E-state index in [9.17, 15) is 4.79 Å². The van der Waals surface area contributed by atoms with Crippen LogP contribution in [0.4, 0.5) is 0 Å². The Kier molecular flexibility index (Phi) is 6.10. The lowest BCUT2D eigenvalue weighted by molar-refractivity contribution is -0.118. The van der Waals surface area contributed by atoms with Gasteiger partial charge in [0.15, 0.2) is 5.76 Å². The van der Waals surface area contributed by atoms with Crippen molar-refractivity contribution in [3.63, 3.8) is 0 Å². The van der Waals surface area contributed by atoms with E-state index in [1.54, 1.807) is 17.2 Å². The number of amides is 1. The van der Waals surface area contributed by atoms with E-state index in [2.05, 4.69) is 15.6 Å². The predicted octanol–water partition coefficient (Wildman–Crippen LogP) is 4.68. The fraction of sp³-hybridized carbons (Fsp3) is 0.0870. The smallest absolute Gasteiger partial charge is 0.250 e. The minimum atomic E-state index is -0.174. The number of furan rings is 1. The highest BCUT2D eigenvalue weighted by molar-refractivity contribution is 8.00. The number of carbonyl (C=O) groups excluding carboxylic acids is 1. The van der Waals surface area contributed by atoms with Gasteiger partial charge in [-0.25, -0.2) is 10.1 Å². The highest BCUT2D eigenvalue weighted by atomic mass is 32.2. The Morgan fingerprint density at radius 3 is 2.67 bits per heavy atom. The van der Waals surface area contributed by atoms with Gasteiger partial charge in [0, 0.05) is 16.7 Å². The van der Waals surface area contributed by atoms with Gasteiger partial charge in [-0.2, -0.15) is 10.2 Å². The fourth-order valence-electron chi connectivity index (χ4n) is 2.79. The van der Waals surface area contributed by atoms with Crippen molar-refractivity contribution >= 4 is 23.9 Å². The van der Waals surface area contributed by atoms with Crippen LogP contribution in [0.2, 0.25) is 0 Å². The monoisotopic (exact) mass is 416 g/mol. The number of thioether (sulfide) groups is 1. The molecule has 0 saturated carbocycles. The van der Waals surface area contributed by atoms with Crippen molar-refractivity contribution in [1.82, 2.24) is 15.2 Å². The summed E-state index contributed by atoms with van der Waals surface area (Å²) in [4.78, 5) is 13.2. The zero-order valence-corrected chi connectivity index (χ0v) is 17.2. The zero-order chi connectivity index (χ0) is 20.8. The Bertz CT molecular complexity index is 1130. The van der Waals surface area contributed by atoms with E-state index in [4.69, 9.17) is 4.42 Å². The fourth-order valence-corrected chi connectivity index (χ4v) is 3.48. The van der Waals surface area contributed by atoms with Gasteiger partial charge in [-0.15, -0.1) is 11.8 Å². The molecule has 0 fully saturated rings. The first-order valence-electron chi connectivity index (χ1n) is 9.39. The van der Waals surface area contributed by atoms with E-state index in [-0.39, 0.29) is 11.7 Å². The highest BCUT2D eigenvalue weighted by Gasteiger charge is 2.13. The third kappa shape index (κ3) is 4.87. The highest BCUT2D eigenvalue weighted by Crippen LogP contribution is 2.23. The second kappa shape index (κ2) is 9.28. The number of rotatable bonds is 7. The van der Waals surface area contributed by atoms with Crippen LogP contribution in [-0.2, 0) is 4.79 Å². The van der Waals surface area contributed by atoms with Crippen molar-refractivity contribution in [2.24, 2.45) is 5.10 Å². The first kappa shape index (κ1) is 19.7. The molecular formula is C23H20N4O2S. The minimum Gasteiger partial charge on any atom is -0.463 e. The van der Waals surface area contributed by atoms with Crippen molar-refractivity contribution in [3.8, 4) is 17.1 Å². The molecule has 0 bridgehead atoms. The number of nitrogens with zero attached hydrogens (tertiary/aromatic N) is 3. The summed E-state index contributed by atoms with van der Waals surface area (Å²) in [6.07, 6.45) is 5.03. The molecular weight excluding hydrogens is 396 g/mol. The summed E-state index contributed by atoms with van der Waals surface area (Å²) in [5.41, 5.74) is 6.07. The number of aromatic nitrogens is 2. The van der Waals surface area contributed by atoms with Gasteiger partial charge in [-0.05, 0) is 43.3 Å². The van der Waals surface area contributed by atoms with Crippen molar-refractivity contribution in [3.05, 3.63) is 90.3 Å². The van der Waals surface area contributed by atoms with Gasteiger partial charge >= 0.3 is 0 Å². The maximum Gasteiger partial charge on any atom is 0.250 e. The molecule has 6 nitrogen and oxygen atoms in total. The minimum absolute atomic E-state index is 0.174. The largest absolute Gasteiger partial charge is 0.463 e. The Labute approximate surface area is 178 Å². The van der Waals surface area contributed by atoms with Gasteiger partial charge in [-0.3, -0.25) is 4.79 Å². The molecule has 0 atom stereocenters. The van der Waals surface area contributed by atoms with Crippen LogP contribution < -0.4 is 5.43 Å². The van der Waals surface area contributed by atoms with Crippen LogP contribution in [-0.4, -0.2) is 27.7 Å². The van der Waals surface area contributed by atoms with Crippen molar-refractivity contribution in [2.45, 2.75) is 11.8 Å². The van der Waals surface area contributed by atoms with Crippen molar-refractivity contribution in [1.29, 1.82) is 0 Å². The molecule has 4 aromatic rings. The van der Waals surface area contributed by atoms with Crippen LogP contribution in [0.3, 0.4) is 0 Å². The lowest BCUT2D eigenvalue weighted by Gasteiger charge is -2.01. The molecule has 1 N–H and O–H groups in total. The average molecular weight is 417 g/mol. The van der Waals surface area contributed by atoms with Crippen molar-refractivity contribution < 1.29 is 9.21 Å². The van der Waals surface area contributed by atoms with Crippen LogP contribution in [0.5, 0.6) is 0 Å². The molecule has 2 aromatic heterocycles. The topological polar surface area (TPSA) is 72.4 Å². The van der Waals surface area contributed by atoms with Crippen molar-refractivity contribution in [2.75, 3.05) is 5.75 Å². The summed E-state index contributed by atoms with van der Waals surface area (Å²) >= 11 is 1.47. The zero-order valence-electron chi connectivity index (χ0n) is 16.4. The second-order valence-electron chi connectivity index (χ2n) is 6.59. The maximum absolute atomic E-state index is 12.1. The molecule has 0 radical (unpaired) electrons. The number of aryl methyl sites for hydroxylation is 1. The molecule has 0 aliphatic carbocycles. The molecule has 30 heavy (non-hydrogen) atoms. The summed E-state index contributed by atoms with van der Waals surface area (Å²) in [7, 11) is 0. The van der Waals surface area contributed by atoms with E-state index in [0.29, 0.717) is 11.5 Å². The molecule has 7 heteroatoms. The third-order valence-electron chi connectivity index (χ3n) is 4.30. The van der Waals surface area contributed by atoms with Crippen LogP contribution in [0.25, 0.3) is 17.1 Å². The molecule has 0 unspecified atom stereocenters. The number of hydrogen-bond donors (Lipinski definition) is 1. The van der Waals surface area contributed by atoms with E-state index < -0.39 is 0 Å². The molecule has 0 saturated heterocycles.